The lowest BCUT2D eigenvalue weighted by atomic mass is 9.93. The van der Waals surface area contributed by atoms with Crippen molar-refractivity contribution in [1.82, 2.24) is 0 Å². The molecule has 0 bridgehead atoms. The Morgan fingerprint density at radius 3 is 2.33 bits per heavy atom. The Labute approximate surface area is 75.5 Å². The second-order valence-corrected chi connectivity index (χ2v) is 3.56. The zero-order chi connectivity index (χ0) is 9.78. The molecule has 70 valence electrons. The maximum Gasteiger partial charge on any atom is 0.331 e. The summed E-state index contributed by atoms with van der Waals surface area (Å²) < 4.78 is 0. The lowest BCUT2D eigenvalue weighted by molar-refractivity contribution is -0.147. The van der Waals surface area contributed by atoms with E-state index in [2.05, 4.69) is 0 Å². The molecule has 0 aromatic rings. The number of Topliss-reactive ketones (excluding diaryl/α,β-unsaturated/α-hetero) is 1. The van der Waals surface area contributed by atoms with Crippen molar-refractivity contribution in [3.63, 3.8) is 0 Å². The van der Waals surface area contributed by atoms with Gasteiger partial charge in [0.15, 0.2) is 11.3 Å². The van der Waals surface area contributed by atoms with Crippen LogP contribution < -0.4 is 5.73 Å². The number of carbonyl (C=O) groups is 2. The van der Waals surface area contributed by atoms with Crippen molar-refractivity contribution in [2.24, 2.45) is 5.73 Å². The number of carboxylic acids is 1. The minimum absolute atomic E-state index is 0.179. The van der Waals surface area contributed by atoms with E-state index in [4.69, 9.17) is 10.8 Å². The molecule has 0 aliphatic heterocycles. The van der Waals surface area contributed by atoms with Crippen LogP contribution in [0.2, 0.25) is 0 Å². The molecular weight excluding hydrogens is 178 g/mol. The van der Waals surface area contributed by atoms with E-state index in [1.807, 2.05) is 6.26 Å². The average Bonchev–Trinajstić information content (AvgIpc) is 1.99. The monoisotopic (exact) mass is 191 g/mol. The summed E-state index contributed by atoms with van der Waals surface area (Å²) in [6, 6.07) is 0. The van der Waals surface area contributed by atoms with Crippen molar-refractivity contribution >= 4 is 23.5 Å². The molecule has 5 heteroatoms. The fourth-order valence-corrected chi connectivity index (χ4v) is 1.22. The molecule has 12 heavy (non-hydrogen) atoms. The zero-order valence-electron chi connectivity index (χ0n) is 7.16. The Bertz CT molecular complexity index is 179. The minimum Gasteiger partial charge on any atom is -0.480 e. The molecule has 0 amide bonds. The van der Waals surface area contributed by atoms with Crippen molar-refractivity contribution in [3.05, 3.63) is 0 Å². The summed E-state index contributed by atoms with van der Waals surface area (Å²) in [4.78, 5) is 21.5. The standard InChI is InChI=1S/C7H13NO3S/c1-5(9)7(8,6(10)11)3-4-12-2/h3-4,8H2,1-2H3,(H,10,11)/t7-/m0/s1. The first-order valence-corrected chi connectivity index (χ1v) is 4.86. The summed E-state index contributed by atoms with van der Waals surface area (Å²) in [6.07, 6.45) is 2.02. The van der Waals surface area contributed by atoms with Gasteiger partial charge in [0.1, 0.15) is 0 Å². The van der Waals surface area contributed by atoms with Crippen LogP contribution in [0.15, 0.2) is 0 Å². The van der Waals surface area contributed by atoms with Crippen LogP contribution in [0.1, 0.15) is 13.3 Å². The number of thioether (sulfide) groups is 1. The minimum atomic E-state index is -1.69. The maximum atomic E-state index is 10.9. The summed E-state index contributed by atoms with van der Waals surface area (Å²) in [5.41, 5.74) is 3.72. The highest BCUT2D eigenvalue weighted by Gasteiger charge is 2.38. The van der Waals surface area contributed by atoms with E-state index in [1.54, 1.807) is 0 Å². The van der Waals surface area contributed by atoms with Gasteiger partial charge in [0.25, 0.3) is 0 Å². The zero-order valence-corrected chi connectivity index (χ0v) is 7.98. The Morgan fingerprint density at radius 2 is 2.08 bits per heavy atom. The number of rotatable bonds is 5. The third-order valence-corrected chi connectivity index (χ3v) is 2.32. The molecule has 3 N–H and O–H groups in total. The highest BCUT2D eigenvalue weighted by Crippen LogP contribution is 2.12. The SMILES string of the molecule is CSCC[C@](N)(C(C)=O)C(=O)O. The summed E-state index contributed by atoms with van der Waals surface area (Å²) in [5.74, 6) is -1.17. The molecule has 0 aromatic carbocycles. The molecule has 0 rings (SSSR count). The Morgan fingerprint density at radius 1 is 1.58 bits per heavy atom. The second kappa shape index (κ2) is 4.47. The molecule has 0 spiro atoms. The molecule has 0 heterocycles. The summed E-state index contributed by atoms with van der Waals surface area (Å²) >= 11 is 1.47. The van der Waals surface area contributed by atoms with Crippen LogP contribution in [0.3, 0.4) is 0 Å². The van der Waals surface area contributed by atoms with E-state index < -0.39 is 17.3 Å². The number of hydrogen-bond acceptors (Lipinski definition) is 4. The normalized spacial score (nSPS) is 15.2. The molecule has 4 nitrogen and oxygen atoms in total. The third kappa shape index (κ3) is 2.49. The number of aliphatic carboxylic acids is 1. The Balaban J connectivity index is 4.40. The van der Waals surface area contributed by atoms with Gasteiger partial charge in [0, 0.05) is 0 Å². The highest BCUT2D eigenvalue weighted by molar-refractivity contribution is 7.98. The topological polar surface area (TPSA) is 80.4 Å². The van der Waals surface area contributed by atoms with Gasteiger partial charge in [0.2, 0.25) is 0 Å². The van der Waals surface area contributed by atoms with Crippen LogP contribution in [-0.4, -0.2) is 34.4 Å². The van der Waals surface area contributed by atoms with E-state index in [-0.39, 0.29) is 6.42 Å². The van der Waals surface area contributed by atoms with Crippen LogP contribution in [0.5, 0.6) is 0 Å². The molecule has 0 unspecified atom stereocenters. The molecule has 0 saturated heterocycles. The van der Waals surface area contributed by atoms with Gasteiger partial charge in [-0.1, -0.05) is 0 Å². The van der Waals surface area contributed by atoms with Gasteiger partial charge in [-0.3, -0.25) is 4.79 Å². The van der Waals surface area contributed by atoms with Crippen molar-refractivity contribution < 1.29 is 14.7 Å². The van der Waals surface area contributed by atoms with E-state index in [0.717, 1.165) is 0 Å². The molecule has 0 aliphatic carbocycles. The first-order chi connectivity index (χ1) is 5.45. The third-order valence-electron chi connectivity index (χ3n) is 1.71. The Kier molecular flexibility index (Phi) is 4.26. The number of nitrogens with two attached hydrogens (primary N) is 1. The number of hydrogen-bond donors (Lipinski definition) is 2. The lowest BCUT2D eigenvalue weighted by Gasteiger charge is -2.20. The first-order valence-electron chi connectivity index (χ1n) is 3.47. The number of carbonyl (C=O) groups excluding carboxylic acids is 1. The quantitative estimate of drug-likeness (QED) is 0.603. The van der Waals surface area contributed by atoms with Gasteiger partial charge in [-0.05, 0) is 25.4 Å². The molecular formula is C7H13NO3S. The second-order valence-electron chi connectivity index (χ2n) is 2.58. The first kappa shape index (κ1) is 11.4. The molecule has 0 fully saturated rings. The predicted molar refractivity (Wildman–Crippen MR) is 48.2 cm³/mol. The molecule has 0 radical (unpaired) electrons. The lowest BCUT2D eigenvalue weighted by Crippen LogP contribution is -2.54. The molecule has 1 atom stereocenters. The van der Waals surface area contributed by atoms with Crippen LogP contribution in [0.25, 0.3) is 0 Å². The van der Waals surface area contributed by atoms with Gasteiger partial charge < -0.3 is 10.8 Å². The van der Waals surface area contributed by atoms with E-state index >= 15 is 0 Å². The van der Waals surface area contributed by atoms with Crippen molar-refractivity contribution in [2.75, 3.05) is 12.0 Å². The van der Waals surface area contributed by atoms with Gasteiger partial charge in [-0.15, -0.1) is 0 Å². The van der Waals surface area contributed by atoms with Crippen molar-refractivity contribution in [1.29, 1.82) is 0 Å². The number of carboxylic acid groups (broad SMARTS) is 1. The highest BCUT2D eigenvalue weighted by atomic mass is 32.2. The van der Waals surface area contributed by atoms with E-state index in [1.165, 1.54) is 18.7 Å². The van der Waals surface area contributed by atoms with Crippen molar-refractivity contribution in [2.45, 2.75) is 18.9 Å². The average molecular weight is 191 g/mol. The van der Waals surface area contributed by atoms with E-state index in [0.29, 0.717) is 5.75 Å². The Hall–Kier alpha value is -0.550. The van der Waals surface area contributed by atoms with Crippen molar-refractivity contribution in [3.8, 4) is 0 Å². The van der Waals surface area contributed by atoms with E-state index in [9.17, 15) is 9.59 Å². The van der Waals surface area contributed by atoms with Gasteiger partial charge >= 0.3 is 5.97 Å². The van der Waals surface area contributed by atoms with Crippen LogP contribution in [-0.2, 0) is 9.59 Å². The summed E-state index contributed by atoms with van der Waals surface area (Å²) in [7, 11) is 0. The van der Waals surface area contributed by atoms with Gasteiger partial charge in [-0.25, -0.2) is 4.79 Å². The van der Waals surface area contributed by atoms with Crippen LogP contribution >= 0.6 is 11.8 Å². The summed E-state index contributed by atoms with van der Waals surface area (Å²) in [5, 5.41) is 8.67. The maximum absolute atomic E-state index is 10.9. The van der Waals surface area contributed by atoms with Crippen LogP contribution in [0.4, 0.5) is 0 Å². The molecule has 0 saturated carbocycles. The van der Waals surface area contributed by atoms with Gasteiger partial charge in [-0.2, -0.15) is 11.8 Å². The molecule has 0 aromatic heterocycles. The largest absolute Gasteiger partial charge is 0.480 e. The van der Waals surface area contributed by atoms with Crippen LogP contribution in [0, 0.1) is 0 Å². The number of ketones is 1. The summed E-state index contributed by atoms with van der Waals surface area (Å²) in [6.45, 7) is 1.20. The molecule has 0 aliphatic rings. The predicted octanol–water partition coefficient (Wildman–Crippen LogP) is 0.111. The van der Waals surface area contributed by atoms with Gasteiger partial charge in [0.05, 0.1) is 0 Å². The fraction of sp³-hybridized carbons (Fsp3) is 0.714. The fourth-order valence-electron chi connectivity index (χ4n) is 0.697. The smallest absolute Gasteiger partial charge is 0.331 e.